The fourth-order valence-electron chi connectivity index (χ4n) is 4.24. The van der Waals surface area contributed by atoms with Gasteiger partial charge >= 0.3 is 0 Å². The molecule has 1 unspecified atom stereocenters. The molecule has 1 aromatic rings. The van der Waals surface area contributed by atoms with Crippen molar-refractivity contribution in [3.8, 4) is 0 Å². The van der Waals surface area contributed by atoms with E-state index in [1.807, 2.05) is 0 Å². The predicted octanol–water partition coefficient (Wildman–Crippen LogP) is 3.16. The first-order chi connectivity index (χ1) is 11.8. The van der Waals surface area contributed by atoms with Gasteiger partial charge in [-0.25, -0.2) is 0 Å². The number of hydrogen-bond acceptors (Lipinski definition) is 3. The quantitative estimate of drug-likeness (QED) is 0.829. The molecular weight excluding hydrogens is 294 g/mol. The lowest BCUT2D eigenvalue weighted by Gasteiger charge is -2.35. The van der Waals surface area contributed by atoms with Crippen LogP contribution in [0, 0.1) is 0 Å². The summed E-state index contributed by atoms with van der Waals surface area (Å²) >= 11 is 0. The molecule has 1 N–H and O–H groups in total. The SMILES string of the molecule is CC(CN1CCCCC1)NC1CCN(CCc2ccccc2)CC1. The number of rotatable bonds is 7. The van der Waals surface area contributed by atoms with Crippen molar-refractivity contribution < 1.29 is 0 Å². The van der Waals surface area contributed by atoms with E-state index in [0.717, 1.165) is 6.04 Å². The monoisotopic (exact) mass is 329 g/mol. The summed E-state index contributed by atoms with van der Waals surface area (Å²) in [5.74, 6) is 0. The molecule has 0 radical (unpaired) electrons. The molecule has 0 saturated carbocycles. The van der Waals surface area contributed by atoms with Crippen LogP contribution in [-0.4, -0.2) is 61.2 Å². The number of benzene rings is 1. The van der Waals surface area contributed by atoms with Gasteiger partial charge < -0.3 is 15.1 Å². The summed E-state index contributed by atoms with van der Waals surface area (Å²) in [4.78, 5) is 5.29. The van der Waals surface area contributed by atoms with Gasteiger partial charge in [0.25, 0.3) is 0 Å². The van der Waals surface area contributed by atoms with Crippen LogP contribution in [0.25, 0.3) is 0 Å². The summed E-state index contributed by atoms with van der Waals surface area (Å²) in [6.45, 7) is 9.93. The van der Waals surface area contributed by atoms with Gasteiger partial charge in [0.15, 0.2) is 0 Å². The zero-order valence-electron chi connectivity index (χ0n) is 15.4. The Morgan fingerprint density at radius 3 is 2.38 bits per heavy atom. The second-order valence-electron chi connectivity index (χ2n) is 7.78. The number of hydrogen-bond donors (Lipinski definition) is 1. The Morgan fingerprint density at radius 2 is 1.67 bits per heavy atom. The van der Waals surface area contributed by atoms with Crippen LogP contribution in [0.15, 0.2) is 30.3 Å². The highest BCUT2D eigenvalue weighted by atomic mass is 15.2. The van der Waals surface area contributed by atoms with Crippen LogP contribution in [0.5, 0.6) is 0 Å². The zero-order valence-corrected chi connectivity index (χ0v) is 15.4. The van der Waals surface area contributed by atoms with Crippen molar-refractivity contribution in [2.75, 3.05) is 39.3 Å². The molecule has 2 saturated heterocycles. The maximum absolute atomic E-state index is 3.89. The molecule has 0 bridgehead atoms. The second-order valence-corrected chi connectivity index (χ2v) is 7.78. The molecule has 0 amide bonds. The minimum Gasteiger partial charge on any atom is -0.310 e. The molecule has 0 aromatic heterocycles. The van der Waals surface area contributed by atoms with Crippen LogP contribution in [0.2, 0.25) is 0 Å². The van der Waals surface area contributed by atoms with Gasteiger partial charge in [0.05, 0.1) is 0 Å². The molecule has 2 heterocycles. The average molecular weight is 330 g/mol. The Hall–Kier alpha value is -0.900. The Bertz CT molecular complexity index is 447. The van der Waals surface area contributed by atoms with Gasteiger partial charge in [0.2, 0.25) is 0 Å². The van der Waals surface area contributed by atoms with Crippen molar-refractivity contribution in [2.24, 2.45) is 0 Å². The molecule has 1 atom stereocenters. The minimum absolute atomic E-state index is 0.629. The highest BCUT2D eigenvalue weighted by Crippen LogP contribution is 2.13. The molecule has 0 aliphatic carbocycles. The van der Waals surface area contributed by atoms with Crippen LogP contribution >= 0.6 is 0 Å². The lowest BCUT2D eigenvalue weighted by Crippen LogP contribution is -2.49. The molecule has 3 heteroatoms. The molecule has 3 nitrogen and oxygen atoms in total. The third-order valence-electron chi connectivity index (χ3n) is 5.65. The van der Waals surface area contributed by atoms with Crippen molar-refractivity contribution >= 4 is 0 Å². The molecule has 0 spiro atoms. The van der Waals surface area contributed by atoms with E-state index in [4.69, 9.17) is 0 Å². The Kier molecular flexibility index (Phi) is 7.13. The number of likely N-dealkylation sites (tertiary alicyclic amines) is 2. The van der Waals surface area contributed by atoms with Crippen LogP contribution in [0.1, 0.15) is 44.6 Å². The van der Waals surface area contributed by atoms with E-state index >= 15 is 0 Å². The molecule has 1 aromatic carbocycles. The van der Waals surface area contributed by atoms with E-state index < -0.39 is 0 Å². The van der Waals surface area contributed by atoms with Gasteiger partial charge in [0.1, 0.15) is 0 Å². The van der Waals surface area contributed by atoms with E-state index in [1.54, 1.807) is 0 Å². The lowest BCUT2D eigenvalue weighted by atomic mass is 10.0. The van der Waals surface area contributed by atoms with Crippen LogP contribution < -0.4 is 5.32 Å². The number of piperidine rings is 2. The van der Waals surface area contributed by atoms with E-state index in [2.05, 4.69) is 52.4 Å². The lowest BCUT2D eigenvalue weighted by molar-refractivity contribution is 0.172. The topological polar surface area (TPSA) is 18.5 Å². The van der Waals surface area contributed by atoms with Crippen molar-refractivity contribution in [3.05, 3.63) is 35.9 Å². The standard InChI is InChI=1S/C21H35N3/c1-19(18-24-13-6-3-7-14-24)22-21-11-16-23(17-12-21)15-10-20-8-4-2-5-9-20/h2,4-5,8-9,19,21-22H,3,6-7,10-18H2,1H3. The number of nitrogens with one attached hydrogen (secondary N) is 1. The molecule has 24 heavy (non-hydrogen) atoms. The molecule has 134 valence electrons. The summed E-state index contributed by atoms with van der Waals surface area (Å²) in [5, 5.41) is 3.89. The molecule has 2 fully saturated rings. The summed E-state index contributed by atoms with van der Waals surface area (Å²) in [6, 6.07) is 12.2. The zero-order chi connectivity index (χ0) is 16.6. The van der Waals surface area contributed by atoms with E-state index in [1.165, 1.54) is 83.4 Å². The Morgan fingerprint density at radius 1 is 0.958 bits per heavy atom. The van der Waals surface area contributed by atoms with Gasteiger partial charge in [-0.05, 0) is 70.8 Å². The third kappa shape index (κ3) is 5.87. The molecular formula is C21H35N3. The highest BCUT2D eigenvalue weighted by Gasteiger charge is 2.21. The van der Waals surface area contributed by atoms with Gasteiger partial charge in [-0.1, -0.05) is 36.8 Å². The predicted molar refractivity (Wildman–Crippen MR) is 102 cm³/mol. The highest BCUT2D eigenvalue weighted by molar-refractivity contribution is 5.14. The fourth-order valence-corrected chi connectivity index (χ4v) is 4.24. The fraction of sp³-hybridized carbons (Fsp3) is 0.714. The first-order valence-electron chi connectivity index (χ1n) is 10.0. The average Bonchev–Trinajstić information content (AvgIpc) is 2.63. The normalized spacial score (nSPS) is 22.5. The van der Waals surface area contributed by atoms with Crippen molar-refractivity contribution in [1.29, 1.82) is 0 Å². The largest absolute Gasteiger partial charge is 0.310 e. The smallest absolute Gasteiger partial charge is 0.0169 e. The maximum Gasteiger partial charge on any atom is 0.0169 e. The van der Waals surface area contributed by atoms with Gasteiger partial charge in [-0.15, -0.1) is 0 Å². The van der Waals surface area contributed by atoms with E-state index in [9.17, 15) is 0 Å². The third-order valence-corrected chi connectivity index (χ3v) is 5.65. The van der Waals surface area contributed by atoms with Gasteiger partial charge in [0, 0.05) is 25.2 Å². The summed E-state index contributed by atoms with van der Waals surface area (Å²) in [6.07, 6.45) is 8.02. The first kappa shape index (κ1) is 17.9. The summed E-state index contributed by atoms with van der Waals surface area (Å²) in [5.41, 5.74) is 1.47. The van der Waals surface area contributed by atoms with Crippen LogP contribution in [0.3, 0.4) is 0 Å². The Balaban J connectivity index is 1.31. The van der Waals surface area contributed by atoms with Crippen molar-refractivity contribution in [1.82, 2.24) is 15.1 Å². The van der Waals surface area contributed by atoms with E-state index in [-0.39, 0.29) is 0 Å². The summed E-state index contributed by atoms with van der Waals surface area (Å²) in [7, 11) is 0. The Labute approximate surface area is 148 Å². The van der Waals surface area contributed by atoms with Gasteiger partial charge in [-0.3, -0.25) is 0 Å². The van der Waals surface area contributed by atoms with Crippen LogP contribution in [0.4, 0.5) is 0 Å². The second kappa shape index (κ2) is 9.55. The minimum atomic E-state index is 0.629. The van der Waals surface area contributed by atoms with E-state index in [0.29, 0.717) is 6.04 Å². The number of nitrogens with zero attached hydrogens (tertiary/aromatic N) is 2. The molecule has 2 aliphatic heterocycles. The van der Waals surface area contributed by atoms with Crippen molar-refractivity contribution in [3.63, 3.8) is 0 Å². The summed E-state index contributed by atoms with van der Waals surface area (Å²) < 4.78 is 0. The molecule has 3 rings (SSSR count). The van der Waals surface area contributed by atoms with Crippen LogP contribution in [-0.2, 0) is 6.42 Å². The van der Waals surface area contributed by atoms with Crippen molar-refractivity contribution in [2.45, 2.75) is 57.5 Å². The molecule has 2 aliphatic rings. The maximum atomic E-state index is 3.89. The first-order valence-corrected chi connectivity index (χ1v) is 10.0. The van der Waals surface area contributed by atoms with Gasteiger partial charge in [-0.2, -0.15) is 0 Å².